The maximum atomic E-state index is 13.6. The van der Waals surface area contributed by atoms with Crippen molar-refractivity contribution < 1.29 is 14.3 Å². The fraction of sp³-hybridized carbons (Fsp3) is 0.424. The number of allylic oxidation sites excluding steroid dienone is 1. The lowest BCUT2D eigenvalue weighted by atomic mass is 9.81. The second kappa shape index (κ2) is 12.4. The van der Waals surface area contributed by atoms with Gasteiger partial charge in [-0.3, -0.25) is 24.3 Å². The minimum Gasteiger partial charge on any atom is -0.378 e. The van der Waals surface area contributed by atoms with E-state index in [0.717, 1.165) is 67.6 Å². The Hall–Kier alpha value is -3.83. The first-order valence-electron chi connectivity index (χ1n) is 15.2. The first kappa shape index (κ1) is 29.3. The molecular weight excluding hydrogens is 542 g/mol. The van der Waals surface area contributed by atoms with Crippen molar-refractivity contribution in [2.45, 2.75) is 37.8 Å². The predicted molar refractivity (Wildman–Crippen MR) is 166 cm³/mol. The van der Waals surface area contributed by atoms with E-state index in [9.17, 15) is 9.59 Å². The summed E-state index contributed by atoms with van der Waals surface area (Å²) in [4.78, 5) is 32.6. The standard InChI is InChI=1S/C33H41N7O3/c1-3-39-32-28(18-36-40(32)26-10-5-4-6-11-26)29(30(34)33(39)42)24-9-7-8-23(17-24)22(2)16-25(31(35)41)19-37-12-14-38(15-13-37)27-20-43-21-27/h4-11,16-18,22,27,29-30H,3,12-15,19-21,34H2,1-2H3,(H2,35,41)/t22-,29?,30?/m0/s1. The van der Waals surface area contributed by atoms with Crippen LogP contribution >= 0.6 is 0 Å². The van der Waals surface area contributed by atoms with E-state index in [4.69, 9.17) is 21.3 Å². The molecule has 0 saturated carbocycles. The van der Waals surface area contributed by atoms with Crippen molar-refractivity contribution in [1.82, 2.24) is 19.6 Å². The number of rotatable bonds is 9. The number of hydrogen-bond acceptors (Lipinski definition) is 7. The molecule has 2 fully saturated rings. The van der Waals surface area contributed by atoms with Crippen LogP contribution < -0.4 is 16.4 Å². The summed E-state index contributed by atoms with van der Waals surface area (Å²) in [6, 6.07) is 17.8. The molecule has 3 aliphatic rings. The molecule has 43 heavy (non-hydrogen) atoms. The van der Waals surface area contributed by atoms with Gasteiger partial charge in [-0.2, -0.15) is 5.10 Å². The van der Waals surface area contributed by atoms with Gasteiger partial charge in [0.25, 0.3) is 0 Å². The molecule has 1 aromatic heterocycles. The number of amides is 2. The number of carbonyl (C=O) groups excluding carboxylic acids is 2. The molecule has 0 spiro atoms. The molecule has 3 aliphatic heterocycles. The van der Waals surface area contributed by atoms with Crippen LogP contribution in [0.15, 0.2) is 72.4 Å². The molecule has 3 aromatic rings. The monoisotopic (exact) mass is 583 g/mol. The Kier molecular flexibility index (Phi) is 8.45. The topological polar surface area (TPSA) is 123 Å². The summed E-state index contributed by atoms with van der Waals surface area (Å²) in [6.45, 7) is 10.4. The summed E-state index contributed by atoms with van der Waals surface area (Å²) in [5, 5.41) is 4.70. The summed E-state index contributed by atoms with van der Waals surface area (Å²) >= 11 is 0. The van der Waals surface area contributed by atoms with Crippen LogP contribution in [0.1, 0.15) is 42.4 Å². The van der Waals surface area contributed by atoms with Gasteiger partial charge in [-0.25, -0.2) is 4.68 Å². The first-order chi connectivity index (χ1) is 20.9. The van der Waals surface area contributed by atoms with Crippen molar-refractivity contribution in [1.29, 1.82) is 0 Å². The smallest absolute Gasteiger partial charge is 0.246 e. The molecule has 0 aliphatic carbocycles. The van der Waals surface area contributed by atoms with Crippen LogP contribution in [-0.2, 0) is 14.3 Å². The van der Waals surface area contributed by atoms with Crippen LogP contribution in [0.4, 0.5) is 5.82 Å². The number of carbonyl (C=O) groups is 2. The summed E-state index contributed by atoms with van der Waals surface area (Å²) in [5.74, 6) is -0.186. The molecule has 2 amide bonds. The van der Waals surface area contributed by atoms with E-state index < -0.39 is 11.9 Å². The quantitative estimate of drug-likeness (QED) is 0.371. The number of piperazine rings is 1. The highest BCUT2D eigenvalue weighted by atomic mass is 16.5. The zero-order chi connectivity index (χ0) is 30.1. The summed E-state index contributed by atoms with van der Waals surface area (Å²) in [7, 11) is 0. The van der Waals surface area contributed by atoms with Gasteiger partial charge in [0.1, 0.15) is 5.82 Å². The van der Waals surface area contributed by atoms with Gasteiger partial charge < -0.3 is 16.2 Å². The van der Waals surface area contributed by atoms with Crippen molar-refractivity contribution in [3.63, 3.8) is 0 Å². The van der Waals surface area contributed by atoms with Crippen LogP contribution in [0, 0.1) is 0 Å². The van der Waals surface area contributed by atoms with Gasteiger partial charge in [0, 0.05) is 56.3 Å². The average molecular weight is 584 g/mol. The number of ether oxygens (including phenoxy) is 1. The number of benzene rings is 2. The van der Waals surface area contributed by atoms with Crippen LogP contribution in [0.2, 0.25) is 0 Å². The Morgan fingerprint density at radius 1 is 1.09 bits per heavy atom. The number of primary amides is 1. The van der Waals surface area contributed by atoms with Gasteiger partial charge in [0.05, 0.1) is 37.2 Å². The molecule has 3 atom stereocenters. The number of likely N-dealkylation sites (N-methyl/N-ethyl adjacent to an activating group) is 1. The molecule has 6 rings (SSSR count). The molecular formula is C33H41N7O3. The lowest BCUT2D eigenvalue weighted by Gasteiger charge is -2.42. The van der Waals surface area contributed by atoms with E-state index >= 15 is 0 Å². The first-order valence-corrected chi connectivity index (χ1v) is 15.2. The van der Waals surface area contributed by atoms with Crippen LogP contribution in [0.5, 0.6) is 0 Å². The van der Waals surface area contributed by atoms with E-state index in [-0.39, 0.29) is 17.7 Å². The minimum absolute atomic E-state index is 0.0648. The van der Waals surface area contributed by atoms with E-state index in [1.54, 1.807) is 4.90 Å². The fourth-order valence-corrected chi connectivity index (χ4v) is 6.52. The molecule has 2 aromatic carbocycles. The van der Waals surface area contributed by atoms with Gasteiger partial charge in [0.2, 0.25) is 11.8 Å². The number of anilines is 1. The van der Waals surface area contributed by atoms with Crippen molar-refractivity contribution in [2.75, 3.05) is 57.4 Å². The van der Waals surface area contributed by atoms with Gasteiger partial charge in [-0.05, 0) is 36.1 Å². The van der Waals surface area contributed by atoms with E-state index in [0.29, 0.717) is 24.7 Å². The summed E-state index contributed by atoms with van der Waals surface area (Å²) < 4.78 is 7.17. The van der Waals surface area contributed by atoms with E-state index in [1.807, 2.05) is 72.4 Å². The van der Waals surface area contributed by atoms with Crippen molar-refractivity contribution >= 4 is 17.6 Å². The van der Waals surface area contributed by atoms with Crippen molar-refractivity contribution in [2.24, 2.45) is 11.5 Å². The fourth-order valence-electron chi connectivity index (χ4n) is 6.52. The third-order valence-electron chi connectivity index (χ3n) is 9.09. The van der Waals surface area contributed by atoms with Gasteiger partial charge in [-0.1, -0.05) is 55.5 Å². The zero-order valence-electron chi connectivity index (χ0n) is 24.9. The Morgan fingerprint density at radius 2 is 1.84 bits per heavy atom. The predicted octanol–water partition coefficient (Wildman–Crippen LogP) is 2.23. The third-order valence-corrected chi connectivity index (χ3v) is 9.09. The largest absolute Gasteiger partial charge is 0.378 e. The van der Waals surface area contributed by atoms with Crippen molar-refractivity contribution in [3.8, 4) is 5.69 Å². The Labute approximate surface area is 252 Å². The SMILES string of the molecule is CCN1C(=O)C(N)C(c2cccc([C@@H](C)C=C(CN3CCN(C4COC4)CC3)C(N)=O)c2)c2cnn(-c3ccccc3)c21. The average Bonchev–Trinajstić information content (AvgIpc) is 3.42. The highest BCUT2D eigenvalue weighted by Gasteiger charge is 2.41. The van der Waals surface area contributed by atoms with Gasteiger partial charge in [-0.15, -0.1) is 0 Å². The number of nitrogens with zero attached hydrogens (tertiary/aromatic N) is 5. The normalized spacial score (nSPS) is 22.7. The summed E-state index contributed by atoms with van der Waals surface area (Å²) in [6.07, 6.45) is 3.82. The molecule has 4 heterocycles. The van der Waals surface area contributed by atoms with Gasteiger partial charge >= 0.3 is 0 Å². The molecule has 10 heteroatoms. The Balaban J connectivity index is 1.25. The highest BCUT2D eigenvalue weighted by Crippen LogP contribution is 2.41. The lowest BCUT2D eigenvalue weighted by molar-refractivity contribution is -0.120. The lowest BCUT2D eigenvalue weighted by Crippen LogP contribution is -2.56. The van der Waals surface area contributed by atoms with Crippen LogP contribution in [0.25, 0.3) is 5.69 Å². The maximum absolute atomic E-state index is 13.6. The highest BCUT2D eigenvalue weighted by molar-refractivity contribution is 6.01. The molecule has 4 N–H and O–H groups in total. The third kappa shape index (κ3) is 5.75. The molecule has 226 valence electrons. The number of hydrogen-bond donors (Lipinski definition) is 2. The number of aromatic nitrogens is 2. The van der Waals surface area contributed by atoms with E-state index in [2.05, 4.69) is 22.8 Å². The molecule has 0 radical (unpaired) electrons. The Morgan fingerprint density at radius 3 is 2.49 bits per heavy atom. The van der Waals surface area contributed by atoms with E-state index in [1.165, 1.54) is 0 Å². The minimum atomic E-state index is -0.742. The van der Waals surface area contributed by atoms with Crippen LogP contribution in [-0.4, -0.2) is 96.0 Å². The number of fused-ring (bicyclic) bond motifs is 1. The molecule has 2 unspecified atom stereocenters. The molecule has 0 bridgehead atoms. The second-order valence-electron chi connectivity index (χ2n) is 11.8. The van der Waals surface area contributed by atoms with Gasteiger partial charge in [0.15, 0.2) is 0 Å². The van der Waals surface area contributed by atoms with Crippen LogP contribution in [0.3, 0.4) is 0 Å². The second-order valence-corrected chi connectivity index (χ2v) is 11.8. The van der Waals surface area contributed by atoms with Crippen molar-refractivity contribution in [3.05, 3.63) is 89.1 Å². The zero-order valence-corrected chi connectivity index (χ0v) is 24.9. The number of nitrogens with two attached hydrogens (primary N) is 2. The Bertz CT molecular complexity index is 1490. The number of para-hydroxylation sites is 1. The summed E-state index contributed by atoms with van der Waals surface area (Å²) in [5.41, 5.74) is 16.9. The maximum Gasteiger partial charge on any atom is 0.246 e. The molecule has 2 saturated heterocycles. The molecule has 10 nitrogen and oxygen atoms in total.